The van der Waals surface area contributed by atoms with Gasteiger partial charge in [0.2, 0.25) is 10.0 Å². The van der Waals surface area contributed by atoms with Gasteiger partial charge in [0.15, 0.2) is 5.75 Å². The highest BCUT2D eigenvalue weighted by molar-refractivity contribution is 7.89. The summed E-state index contributed by atoms with van der Waals surface area (Å²) in [7, 11) is -4.00. The van der Waals surface area contributed by atoms with Gasteiger partial charge in [-0.05, 0) is 27.2 Å². The lowest BCUT2D eigenvalue weighted by molar-refractivity contribution is -0.155. The van der Waals surface area contributed by atoms with E-state index in [-0.39, 0.29) is 12.8 Å². The molecule has 0 aromatic carbocycles. The van der Waals surface area contributed by atoms with Crippen LogP contribution >= 0.6 is 0 Å². The lowest BCUT2D eigenvalue weighted by atomic mass is 10.1. The maximum Gasteiger partial charge on any atom is 0.321 e. The van der Waals surface area contributed by atoms with Crippen LogP contribution in [0, 0.1) is 11.3 Å². The number of carbonyl (C=O) groups excluding carboxylic acids is 1. The molecule has 0 aliphatic rings. The highest BCUT2D eigenvalue weighted by atomic mass is 32.2. The summed E-state index contributed by atoms with van der Waals surface area (Å²) in [5.41, 5.74) is -0.698. The molecule has 0 aliphatic heterocycles. The number of hydrogen-bond acceptors (Lipinski definition) is 6. The third-order valence-corrected chi connectivity index (χ3v) is 3.08. The van der Waals surface area contributed by atoms with Gasteiger partial charge < -0.3 is 9.84 Å². The molecule has 0 heterocycles. The van der Waals surface area contributed by atoms with Crippen LogP contribution in [0.3, 0.4) is 0 Å². The van der Waals surface area contributed by atoms with Crippen molar-refractivity contribution in [2.75, 3.05) is 5.75 Å². The third-order valence-electron chi connectivity index (χ3n) is 1.93. The van der Waals surface area contributed by atoms with Crippen molar-refractivity contribution in [2.45, 2.75) is 45.3 Å². The minimum Gasteiger partial charge on any atom is -0.480 e. The molecule has 0 aliphatic carbocycles. The second-order valence-corrected chi connectivity index (χ2v) is 6.80. The van der Waals surface area contributed by atoms with E-state index in [0.717, 1.165) is 0 Å². The van der Waals surface area contributed by atoms with Gasteiger partial charge in [-0.15, -0.1) is 0 Å². The highest BCUT2D eigenvalue weighted by Crippen LogP contribution is 2.10. The molecule has 0 fully saturated rings. The van der Waals surface area contributed by atoms with Crippen molar-refractivity contribution >= 4 is 22.0 Å². The van der Waals surface area contributed by atoms with Crippen LogP contribution in [0.2, 0.25) is 0 Å². The number of nitriles is 1. The molecule has 2 N–H and O–H groups in total. The van der Waals surface area contributed by atoms with Crippen LogP contribution in [-0.4, -0.2) is 42.9 Å². The lowest BCUT2D eigenvalue weighted by Gasteiger charge is -2.20. The molecule has 0 aromatic rings. The molecule has 9 heteroatoms. The Kier molecular flexibility index (Phi) is 6.61. The van der Waals surface area contributed by atoms with Crippen molar-refractivity contribution in [3.8, 4) is 6.07 Å². The summed E-state index contributed by atoms with van der Waals surface area (Å²) in [6, 6.07) is -0.0582. The second kappa shape index (κ2) is 7.21. The maximum atomic E-state index is 11.4. The minimum atomic E-state index is -4.00. The van der Waals surface area contributed by atoms with E-state index in [2.05, 4.69) is 0 Å². The summed E-state index contributed by atoms with van der Waals surface area (Å²) in [5, 5.41) is 17.2. The number of aliphatic carboxylic acids is 1. The first kappa shape index (κ1) is 18.3. The van der Waals surface area contributed by atoms with Gasteiger partial charge in [0, 0.05) is 6.42 Å². The fourth-order valence-corrected chi connectivity index (χ4v) is 2.14. The Bertz CT molecular complexity index is 500. The monoisotopic (exact) mass is 306 g/mol. The largest absolute Gasteiger partial charge is 0.480 e. The number of ether oxygens (including phenoxy) is 1. The fourth-order valence-electron chi connectivity index (χ4n) is 1.23. The van der Waals surface area contributed by atoms with Gasteiger partial charge in [-0.2, -0.15) is 5.26 Å². The Morgan fingerprint density at radius 2 is 1.95 bits per heavy atom. The second-order valence-electron chi connectivity index (χ2n) is 5.05. The third kappa shape index (κ3) is 8.44. The van der Waals surface area contributed by atoms with Crippen molar-refractivity contribution in [3.05, 3.63) is 0 Å². The standard InChI is InChI=1S/C11H18N2O6S/c1-11(2,3)19-9(14)5-4-8(10(15)16)13-20(17,18)7-6-12/h8,13H,4-5,7H2,1-3H3,(H,15,16)/t8-/m1/s1. The quantitative estimate of drug-likeness (QED) is 0.632. The minimum absolute atomic E-state index is 0.247. The number of carboxylic acid groups (broad SMARTS) is 1. The number of hydrogen-bond donors (Lipinski definition) is 2. The van der Waals surface area contributed by atoms with Crippen molar-refractivity contribution in [1.82, 2.24) is 4.72 Å². The number of rotatable bonds is 7. The molecule has 8 nitrogen and oxygen atoms in total. The first-order chi connectivity index (χ1) is 8.97. The van der Waals surface area contributed by atoms with E-state index in [1.54, 1.807) is 20.8 Å². The molecule has 0 amide bonds. The van der Waals surface area contributed by atoms with Crippen molar-refractivity contribution in [2.24, 2.45) is 0 Å². The molecule has 20 heavy (non-hydrogen) atoms. The molecule has 0 saturated carbocycles. The van der Waals surface area contributed by atoms with E-state index in [1.165, 1.54) is 6.07 Å². The van der Waals surface area contributed by atoms with Crippen molar-refractivity contribution < 1.29 is 27.9 Å². The number of sulfonamides is 1. The van der Waals surface area contributed by atoms with Crippen LogP contribution in [0.5, 0.6) is 0 Å². The average molecular weight is 306 g/mol. The van der Waals surface area contributed by atoms with E-state index in [1.807, 2.05) is 4.72 Å². The van der Waals surface area contributed by atoms with Crippen molar-refractivity contribution in [3.63, 3.8) is 0 Å². The van der Waals surface area contributed by atoms with Gasteiger partial charge in [-0.25, -0.2) is 13.1 Å². The smallest absolute Gasteiger partial charge is 0.321 e. The van der Waals surface area contributed by atoms with E-state index >= 15 is 0 Å². The maximum absolute atomic E-state index is 11.4. The van der Waals surface area contributed by atoms with Gasteiger partial charge >= 0.3 is 11.9 Å². The summed E-state index contributed by atoms with van der Waals surface area (Å²) in [5.74, 6) is -2.89. The molecule has 0 unspecified atom stereocenters. The summed E-state index contributed by atoms with van der Waals surface area (Å²) in [6.45, 7) is 4.99. The number of carbonyl (C=O) groups is 2. The predicted molar refractivity (Wildman–Crippen MR) is 69.0 cm³/mol. The first-order valence-corrected chi connectivity index (χ1v) is 7.43. The number of carboxylic acids is 1. The number of esters is 1. The van der Waals surface area contributed by atoms with Crippen LogP contribution < -0.4 is 4.72 Å². The molecular formula is C11H18N2O6S. The Hall–Kier alpha value is -1.66. The zero-order valence-electron chi connectivity index (χ0n) is 11.5. The topological polar surface area (TPSA) is 134 Å². The molecule has 0 bridgehead atoms. The zero-order valence-corrected chi connectivity index (χ0v) is 12.4. The SMILES string of the molecule is CC(C)(C)OC(=O)CC[C@@H](NS(=O)(=O)CC#N)C(=O)O. The summed E-state index contributed by atoms with van der Waals surface area (Å²) in [4.78, 5) is 22.3. The van der Waals surface area contributed by atoms with E-state index in [0.29, 0.717) is 0 Å². The highest BCUT2D eigenvalue weighted by Gasteiger charge is 2.25. The van der Waals surface area contributed by atoms with Crippen LogP contribution in [0.15, 0.2) is 0 Å². The lowest BCUT2D eigenvalue weighted by Crippen LogP contribution is -2.42. The van der Waals surface area contributed by atoms with E-state index < -0.39 is 39.4 Å². The summed E-state index contributed by atoms with van der Waals surface area (Å²) < 4.78 is 29.4. The van der Waals surface area contributed by atoms with Gasteiger partial charge in [-0.1, -0.05) is 0 Å². The summed E-state index contributed by atoms with van der Waals surface area (Å²) >= 11 is 0. The fraction of sp³-hybridized carbons (Fsp3) is 0.727. The molecule has 114 valence electrons. The van der Waals surface area contributed by atoms with Crippen LogP contribution in [0.25, 0.3) is 0 Å². The summed E-state index contributed by atoms with van der Waals surface area (Å²) in [6.07, 6.45) is -0.502. The van der Waals surface area contributed by atoms with Gasteiger partial charge in [0.1, 0.15) is 11.6 Å². The Balaban J connectivity index is 4.56. The molecule has 1 atom stereocenters. The van der Waals surface area contributed by atoms with Gasteiger partial charge in [0.25, 0.3) is 0 Å². The number of nitrogens with zero attached hydrogens (tertiary/aromatic N) is 1. The molecule has 0 saturated heterocycles. The molecule has 0 spiro atoms. The van der Waals surface area contributed by atoms with Crippen LogP contribution in [-0.2, 0) is 24.3 Å². The van der Waals surface area contributed by atoms with Crippen LogP contribution in [0.1, 0.15) is 33.6 Å². The Labute approximate surface area is 117 Å². The Morgan fingerprint density at radius 3 is 2.35 bits per heavy atom. The predicted octanol–water partition coefficient (Wildman–Crippen LogP) is 0.00448. The molecule has 0 aromatic heterocycles. The van der Waals surface area contributed by atoms with E-state index in [9.17, 15) is 18.0 Å². The molecule has 0 radical (unpaired) electrons. The van der Waals surface area contributed by atoms with Gasteiger partial charge in [0.05, 0.1) is 6.07 Å². The average Bonchev–Trinajstić information content (AvgIpc) is 2.21. The molecule has 0 rings (SSSR count). The Morgan fingerprint density at radius 1 is 1.40 bits per heavy atom. The first-order valence-electron chi connectivity index (χ1n) is 5.78. The van der Waals surface area contributed by atoms with Crippen molar-refractivity contribution in [1.29, 1.82) is 5.26 Å². The normalized spacial score (nSPS) is 13.3. The van der Waals surface area contributed by atoms with E-state index in [4.69, 9.17) is 15.1 Å². The number of nitrogens with one attached hydrogen (secondary N) is 1. The zero-order chi connectivity index (χ0) is 16.0. The van der Waals surface area contributed by atoms with Gasteiger partial charge in [-0.3, -0.25) is 9.59 Å². The molecular weight excluding hydrogens is 288 g/mol. The van der Waals surface area contributed by atoms with Crippen LogP contribution in [0.4, 0.5) is 0 Å².